The van der Waals surface area contributed by atoms with Crippen LogP contribution in [0.2, 0.25) is 0 Å². The van der Waals surface area contributed by atoms with Crippen molar-refractivity contribution in [2.24, 2.45) is 11.3 Å². The molecule has 0 bridgehead atoms. The van der Waals surface area contributed by atoms with Crippen molar-refractivity contribution in [2.45, 2.75) is 45.6 Å². The molecule has 1 saturated heterocycles. The van der Waals surface area contributed by atoms with Gasteiger partial charge in [-0.05, 0) is 63.2 Å². The van der Waals surface area contributed by atoms with Gasteiger partial charge in [0, 0.05) is 12.6 Å². The van der Waals surface area contributed by atoms with Crippen molar-refractivity contribution in [1.82, 2.24) is 4.90 Å². The van der Waals surface area contributed by atoms with Crippen LogP contribution >= 0.6 is 12.6 Å². The van der Waals surface area contributed by atoms with Crippen LogP contribution in [0.5, 0.6) is 0 Å². The Morgan fingerprint density at radius 2 is 2.21 bits per heavy atom. The molecule has 0 aromatic carbocycles. The zero-order valence-electron chi connectivity index (χ0n) is 9.50. The molecule has 0 amide bonds. The van der Waals surface area contributed by atoms with Gasteiger partial charge < -0.3 is 4.90 Å². The molecule has 1 aliphatic heterocycles. The lowest BCUT2D eigenvalue weighted by atomic mass is 9.85. The van der Waals surface area contributed by atoms with E-state index in [9.17, 15) is 0 Å². The maximum absolute atomic E-state index is 4.44. The summed E-state index contributed by atoms with van der Waals surface area (Å²) in [6, 6.07) is 0.740. The Morgan fingerprint density at radius 3 is 2.71 bits per heavy atom. The van der Waals surface area contributed by atoms with E-state index in [1.807, 2.05) is 0 Å². The second-order valence-electron chi connectivity index (χ2n) is 5.61. The number of hydrogen-bond donors (Lipinski definition) is 1. The Morgan fingerprint density at radius 1 is 1.43 bits per heavy atom. The monoisotopic (exact) mass is 213 g/mol. The maximum atomic E-state index is 4.44. The first kappa shape index (κ1) is 10.8. The summed E-state index contributed by atoms with van der Waals surface area (Å²) in [6.07, 6.45) is 5.77. The molecule has 2 fully saturated rings. The van der Waals surface area contributed by atoms with Gasteiger partial charge >= 0.3 is 0 Å². The summed E-state index contributed by atoms with van der Waals surface area (Å²) in [5.74, 6) is 2.01. The highest BCUT2D eigenvalue weighted by Gasteiger charge is 2.43. The third-order valence-corrected chi connectivity index (χ3v) is 4.78. The third-order valence-electron chi connectivity index (χ3n) is 4.26. The summed E-state index contributed by atoms with van der Waals surface area (Å²) in [6.45, 7) is 7.33. The van der Waals surface area contributed by atoms with Gasteiger partial charge in [0.2, 0.25) is 0 Å². The molecule has 1 aliphatic carbocycles. The molecule has 0 radical (unpaired) electrons. The summed E-state index contributed by atoms with van der Waals surface area (Å²) in [5.41, 5.74) is 0.692. The number of thiol groups is 1. The van der Waals surface area contributed by atoms with Crippen LogP contribution in [-0.4, -0.2) is 29.8 Å². The van der Waals surface area contributed by atoms with Crippen molar-refractivity contribution in [2.75, 3.05) is 18.8 Å². The minimum absolute atomic E-state index is 0.692. The molecule has 2 rings (SSSR count). The minimum Gasteiger partial charge on any atom is -0.300 e. The van der Waals surface area contributed by atoms with Crippen LogP contribution in [0.15, 0.2) is 0 Å². The lowest BCUT2D eigenvalue weighted by Crippen LogP contribution is -2.31. The smallest absolute Gasteiger partial charge is 0.00413 e. The summed E-state index contributed by atoms with van der Waals surface area (Å²) in [7, 11) is 0. The minimum atomic E-state index is 0.692. The summed E-state index contributed by atoms with van der Waals surface area (Å²) < 4.78 is 0. The highest BCUT2D eigenvalue weighted by molar-refractivity contribution is 7.80. The van der Waals surface area contributed by atoms with E-state index in [2.05, 4.69) is 31.4 Å². The van der Waals surface area contributed by atoms with Crippen LogP contribution in [-0.2, 0) is 0 Å². The van der Waals surface area contributed by atoms with Crippen molar-refractivity contribution < 1.29 is 0 Å². The molecular weight excluding hydrogens is 190 g/mol. The zero-order valence-corrected chi connectivity index (χ0v) is 10.4. The second-order valence-corrected chi connectivity index (χ2v) is 5.97. The molecule has 1 spiro atoms. The third kappa shape index (κ3) is 1.96. The zero-order chi connectivity index (χ0) is 10.2. The van der Waals surface area contributed by atoms with E-state index in [1.54, 1.807) is 0 Å². The largest absolute Gasteiger partial charge is 0.300 e. The van der Waals surface area contributed by atoms with E-state index in [0.29, 0.717) is 5.41 Å². The normalized spacial score (nSPS) is 39.0. The molecule has 82 valence electrons. The number of hydrogen-bond acceptors (Lipinski definition) is 2. The van der Waals surface area contributed by atoms with Gasteiger partial charge in [0.1, 0.15) is 0 Å². The van der Waals surface area contributed by atoms with E-state index >= 15 is 0 Å². The highest BCUT2D eigenvalue weighted by atomic mass is 32.1. The Kier molecular flexibility index (Phi) is 3.13. The first-order chi connectivity index (χ1) is 6.65. The van der Waals surface area contributed by atoms with E-state index in [4.69, 9.17) is 0 Å². The van der Waals surface area contributed by atoms with Gasteiger partial charge in [0.25, 0.3) is 0 Å². The van der Waals surface area contributed by atoms with Crippen LogP contribution in [0.1, 0.15) is 39.5 Å². The molecule has 1 nitrogen and oxygen atoms in total. The first-order valence-electron chi connectivity index (χ1n) is 6.00. The fourth-order valence-corrected chi connectivity index (χ4v) is 3.58. The Hall–Kier alpha value is 0.310. The van der Waals surface area contributed by atoms with Crippen LogP contribution in [0.25, 0.3) is 0 Å². The van der Waals surface area contributed by atoms with Crippen molar-refractivity contribution in [3.63, 3.8) is 0 Å². The molecule has 14 heavy (non-hydrogen) atoms. The van der Waals surface area contributed by atoms with E-state index < -0.39 is 0 Å². The number of nitrogens with zero attached hydrogens (tertiary/aromatic N) is 1. The van der Waals surface area contributed by atoms with Crippen LogP contribution in [0, 0.1) is 11.3 Å². The molecule has 2 heteroatoms. The lowest BCUT2D eigenvalue weighted by molar-refractivity contribution is 0.222. The molecule has 1 saturated carbocycles. The molecule has 0 unspecified atom stereocenters. The molecule has 0 aromatic rings. The van der Waals surface area contributed by atoms with Gasteiger partial charge in [0.05, 0.1) is 0 Å². The topological polar surface area (TPSA) is 3.24 Å². The number of likely N-dealkylation sites (tertiary alicyclic amines) is 1. The quantitative estimate of drug-likeness (QED) is 0.690. The van der Waals surface area contributed by atoms with Gasteiger partial charge in [-0.1, -0.05) is 0 Å². The SMILES string of the molecule is CC(C)N1CC[C@]2(CC[C@H](CS)C2)C1. The lowest BCUT2D eigenvalue weighted by Gasteiger charge is -2.26. The average Bonchev–Trinajstić information content (AvgIpc) is 2.74. The predicted octanol–water partition coefficient (Wildman–Crippen LogP) is 2.82. The van der Waals surface area contributed by atoms with Crippen molar-refractivity contribution in [1.29, 1.82) is 0 Å². The second kappa shape index (κ2) is 4.05. The van der Waals surface area contributed by atoms with Gasteiger partial charge in [-0.2, -0.15) is 12.6 Å². The van der Waals surface area contributed by atoms with Crippen LogP contribution in [0.3, 0.4) is 0 Å². The average molecular weight is 213 g/mol. The molecule has 2 atom stereocenters. The van der Waals surface area contributed by atoms with Gasteiger partial charge in [-0.25, -0.2) is 0 Å². The fourth-order valence-electron chi connectivity index (χ4n) is 3.26. The first-order valence-corrected chi connectivity index (χ1v) is 6.63. The summed E-state index contributed by atoms with van der Waals surface area (Å²) >= 11 is 4.44. The van der Waals surface area contributed by atoms with Crippen molar-refractivity contribution in [3.8, 4) is 0 Å². The maximum Gasteiger partial charge on any atom is 0.00413 e. The Balaban J connectivity index is 1.94. The predicted molar refractivity (Wildman–Crippen MR) is 65.0 cm³/mol. The molecule has 0 aromatic heterocycles. The fraction of sp³-hybridized carbons (Fsp3) is 1.00. The van der Waals surface area contributed by atoms with Crippen molar-refractivity contribution >= 4 is 12.6 Å². The Labute approximate surface area is 93.7 Å². The van der Waals surface area contributed by atoms with Gasteiger partial charge in [0.15, 0.2) is 0 Å². The molecule has 2 aliphatic rings. The molecule has 0 N–H and O–H groups in total. The Bertz CT molecular complexity index is 204. The van der Waals surface area contributed by atoms with Crippen molar-refractivity contribution in [3.05, 3.63) is 0 Å². The van der Waals surface area contributed by atoms with Gasteiger partial charge in [-0.15, -0.1) is 0 Å². The molecular formula is C12H23NS. The van der Waals surface area contributed by atoms with Crippen LogP contribution in [0.4, 0.5) is 0 Å². The highest BCUT2D eigenvalue weighted by Crippen LogP contribution is 2.48. The van der Waals surface area contributed by atoms with Gasteiger partial charge in [-0.3, -0.25) is 0 Å². The van der Waals surface area contributed by atoms with E-state index in [0.717, 1.165) is 17.7 Å². The summed E-state index contributed by atoms with van der Waals surface area (Å²) in [5, 5.41) is 0. The van der Waals surface area contributed by atoms with E-state index in [-0.39, 0.29) is 0 Å². The van der Waals surface area contributed by atoms with E-state index in [1.165, 1.54) is 38.8 Å². The molecule has 1 heterocycles. The number of rotatable bonds is 2. The van der Waals surface area contributed by atoms with Crippen LogP contribution < -0.4 is 0 Å². The standard InChI is InChI=1S/C12H23NS/c1-10(2)13-6-5-12(9-13)4-3-11(7-12)8-14/h10-11,14H,3-9H2,1-2H3/t11-,12-/m0/s1. The summed E-state index contributed by atoms with van der Waals surface area (Å²) in [4.78, 5) is 2.65.